The number of nitrogens with two attached hydrogens (primary N) is 1. The van der Waals surface area contributed by atoms with Crippen LogP contribution in [0.5, 0.6) is 5.88 Å². The lowest BCUT2D eigenvalue weighted by atomic mass is 10.1. The van der Waals surface area contributed by atoms with Gasteiger partial charge in [-0.1, -0.05) is 13.8 Å². The second-order valence-corrected chi connectivity index (χ2v) is 4.16. The Morgan fingerprint density at radius 3 is 3.06 bits per heavy atom. The average molecular weight is 220 g/mol. The Kier molecular flexibility index (Phi) is 2.94. The summed E-state index contributed by atoms with van der Waals surface area (Å²) in [6, 6.07) is 0. The molecule has 0 spiro atoms. The molecule has 0 aliphatic carbocycles. The van der Waals surface area contributed by atoms with Gasteiger partial charge in [-0.25, -0.2) is 4.98 Å². The summed E-state index contributed by atoms with van der Waals surface area (Å²) in [6.07, 6.45) is 6.23. The minimum Gasteiger partial charge on any atom is -0.475 e. The predicted molar refractivity (Wildman–Crippen MR) is 62.3 cm³/mol. The molecule has 16 heavy (non-hydrogen) atoms. The van der Waals surface area contributed by atoms with E-state index in [-0.39, 0.29) is 0 Å². The van der Waals surface area contributed by atoms with Crippen LogP contribution in [0.2, 0.25) is 0 Å². The van der Waals surface area contributed by atoms with Crippen LogP contribution < -0.4 is 10.5 Å². The van der Waals surface area contributed by atoms with Crippen molar-refractivity contribution in [1.29, 1.82) is 0 Å². The largest absolute Gasteiger partial charge is 0.475 e. The Balaban J connectivity index is 2.19. The summed E-state index contributed by atoms with van der Waals surface area (Å²) in [4.78, 5) is 8.32. The fourth-order valence-electron chi connectivity index (χ4n) is 1.41. The highest BCUT2D eigenvalue weighted by molar-refractivity contribution is 5.52. The molecule has 0 saturated heterocycles. The van der Waals surface area contributed by atoms with Gasteiger partial charge in [-0.2, -0.15) is 4.98 Å². The highest BCUT2D eigenvalue weighted by Crippen LogP contribution is 2.17. The zero-order chi connectivity index (χ0) is 11.5. The highest BCUT2D eigenvalue weighted by Gasteiger charge is 2.07. The van der Waals surface area contributed by atoms with Crippen molar-refractivity contribution in [1.82, 2.24) is 14.4 Å². The minimum atomic E-state index is 0.435. The van der Waals surface area contributed by atoms with E-state index in [2.05, 4.69) is 23.8 Å². The number of imidazole rings is 1. The molecule has 86 valence electrons. The van der Waals surface area contributed by atoms with E-state index < -0.39 is 0 Å². The van der Waals surface area contributed by atoms with E-state index in [4.69, 9.17) is 10.5 Å². The fourth-order valence-corrected chi connectivity index (χ4v) is 1.41. The lowest BCUT2D eigenvalue weighted by Crippen LogP contribution is -2.05. The van der Waals surface area contributed by atoms with Crippen LogP contribution in [0.4, 0.5) is 5.82 Å². The third-order valence-electron chi connectivity index (χ3n) is 2.30. The van der Waals surface area contributed by atoms with Gasteiger partial charge in [0.15, 0.2) is 0 Å². The molecule has 2 aromatic rings. The summed E-state index contributed by atoms with van der Waals surface area (Å²) in [5.74, 6) is 1.55. The molecular weight excluding hydrogens is 204 g/mol. The predicted octanol–water partition coefficient (Wildman–Crippen LogP) is 1.74. The molecule has 2 aromatic heterocycles. The summed E-state index contributed by atoms with van der Waals surface area (Å²) >= 11 is 0. The Morgan fingerprint density at radius 1 is 1.50 bits per heavy atom. The van der Waals surface area contributed by atoms with Crippen molar-refractivity contribution in [3.63, 3.8) is 0 Å². The van der Waals surface area contributed by atoms with E-state index in [0.29, 0.717) is 29.9 Å². The molecule has 0 aliphatic rings. The van der Waals surface area contributed by atoms with Crippen LogP contribution in [0.15, 0.2) is 18.6 Å². The number of hydrogen-bond donors (Lipinski definition) is 1. The quantitative estimate of drug-likeness (QED) is 0.852. The topological polar surface area (TPSA) is 65.4 Å². The molecule has 5 heteroatoms. The third-order valence-corrected chi connectivity index (χ3v) is 2.30. The van der Waals surface area contributed by atoms with Crippen LogP contribution in [-0.2, 0) is 0 Å². The van der Waals surface area contributed by atoms with E-state index in [9.17, 15) is 0 Å². The van der Waals surface area contributed by atoms with Crippen LogP contribution in [-0.4, -0.2) is 21.0 Å². The Bertz CT molecular complexity index is 478. The fraction of sp³-hybridized carbons (Fsp3) is 0.455. The van der Waals surface area contributed by atoms with Gasteiger partial charge in [0.1, 0.15) is 5.82 Å². The van der Waals surface area contributed by atoms with E-state index in [1.165, 1.54) is 0 Å². The minimum absolute atomic E-state index is 0.435. The molecular formula is C11H16N4O. The standard InChI is InChI=1S/C11H16N4O/c1-8(2)3-6-16-11-10-13-4-5-15(10)7-9(12)14-11/h4-5,7-8H,3,6,12H2,1-2H3. The van der Waals surface area contributed by atoms with Gasteiger partial charge >= 0.3 is 0 Å². The van der Waals surface area contributed by atoms with Crippen molar-refractivity contribution in [3.8, 4) is 5.88 Å². The van der Waals surface area contributed by atoms with E-state index in [0.717, 1.165) is 6.42 Å². The van der Waals surface area contributed by atoms with Crippen molar-refractivity contribution in [2.24, 2.45) is 5.92 Å². The van der Waals surface area contributed by atoms with Crippen molar-refractivity contribution in [2.75, 3.05) is 12.3 Å². The molecule has 0 amide bonds. The smallest absolute Gasteiger partial charge is 0.260 e. The van der Waals surface area contributed by atoms with Gasteiger partial charge in [0.2, 0.25) is 5.65 Å². The molecule has 0 fully saturated rings. The maximum Gasteiger partial charge on any atom is 0.260 e. The maximum atomic E-state index is 5.68. The summed E-state index contributed by atoms with van der Waals surface area (Å²) in [7, 11) is 0. The van der Waals surface area contributed by atoms with Gasteiger partial charge < -0.3 is 10.5 Å². The molecule has 0 atom stereocenters. The molecule has 0 bridgehead atoms. The van der Waals surface area contributed by atoms with E-state index in [1.54, 1.807) is 12.4 Å². The van der Waals surface area contributed by atoms with Gasteiger partial charge in [0.05, 0.1) is 12.8 Å². The lowest BCUT2D eigenvalue weighted by Gasteiger charge is -2.08. The first-order chi connectivity index (χ1) is 7.66. The van der Waals surface area contributed by atoms with Gasteiger partial charge in [0.25, 0.3) is 5.88 Å². The van der Waals surface area contributed by atoms with Crippen molar-refractivity contribution >= 4 is 11.5 Å². The van der Waals surface area contributed by atoms with Crippen molar-refractivity contribution < 1.29 is 4.74 Å². The average Bonchev–Trinajstić information content (AvgIpc) is 2.64. The molecule has 2 rings (SSSR count). The molecule has 0 radical (unpaired) electrons. The molecule has 0 unspecified atom stereocenters. The second kappa shape index (κ2) is 4.38. The lowest BCUT2D eigenvalue weighted by molar-refractivity contribution is 0.281. The maximum absolute atomic E-state index is 5.68. The molecule has 0 saturated carbocycles. The second-order valence-electron chi connectivity index (χ2n) is 4.16. The van der Waals surface area contributed by atoms with Crippen LogP contribution >= 0.6 is 0 Å². The molecule has 0 aliphatic heterocycles. The summed E-state index contributed by atoms with van der Waals surface area (Å²) in [6.45, 7) is 4.94. The Hall–Kier alpha value is -1.78. The number of rotatable bonds is 4. The van der Waals surface area contributed by atoms with Crippen LogP contribution in [0.25, 0.3) is 5.65 Å². The van der Waals surface area contributed by atoms with Crippen LogP contribution in [0.3, 0.4) is 0 Å². The van der Waals surface area contributed by atoms with Crippen molar-refractivity contribution in [3.05, 3.63) is 18.6 Å². The van der Waals surface area contributed by atoms with Crippen LogP contribution in [0, 0.1) is 5.92 Å². The summed E-state index contributed by atoms with van der Waals surface area (Å²) in [5, 5.41) is 0. The molecule has 2 heterocycles. The first kappa shape index (κ1) is 10.7. The van der Waals surface area contributed by atoms with Gasteiger partial charge in [-0.05, 0) is 12.3 Å². The molecule has 2 N–H and O–H groups in total. The number of hydrogen-bond acceptors (Lipinski definition) is 4. The van der Waals surface area contributed by atoms with E-state index >= 15 is 0 Å². The number of anilines is 1. The van der Waals surface area contributed by atoms with Crippen LogP contribution in [0.1, 0.15) is 20.3 Å². The summed E-state index contributed by atoms with van der Waals surface area (Å²) in [5.41, 5.74) is 6.38. The first-order valence-corrected chi connectivity index (χ1v) is 5.39. The highest BCUT2D eigenvalue weighted by atomic mass is 16.5. The number of ether oxygens (including phenoxy) is 1. The normalized spacial score (nSPS) is 11.2. The zero-order valence-corrected chi connectivity index (χ0v) is 9.55. The van der Waals surface area contributed by atoms with Gasteiger partial charge in [0, 0.05) is 12.4 Å². The summed E-state index contributed by atoms with van der Waals surface area (Å²) < 4.78 is 7.41. The molecule has 5 nitrogen and oxygen atoms in total. The number of fused-ring (bicyclic) bond motifs is 1. The Morgan fingerprint density at radius 2 is 2.31 bits per heavy atom. The number of aromatic nitrogens is 3. The monoisotopic (exact) mass is 220 g/mol. The van der Waals surface area contributed by atoms with E-state index in [1.807, 2.05) is 10.6 Å². The Labute approximate surface area is 94.3 Å². The third kappa shape index (κ3) is 2.24. The van der Waals surface area contributed by atoms with Gasteiger partial charge in [-0.15, -0.1) is 0 Å². The zero-order valence-electron chi connectivity index (χ0n) is 9.55. The van der Waals surface area contributed by atoms with Crippen molar-refractivity contribution in [2.45, 2.75) is 20.3 Å². The number of nitrogen functional groups attached to an aromatic ring is 1. The first-order valence-electron chi connectivity index (χ1n) is 5.39. The number of nitrogens with zero attached hydrogens (tertiary/aromatic N) is 3. The SMILES string of the molecule is CC(C)CCOc1nc(N)cn2ccnc12. The molecule has 0 aromatic carbocycles. The van der Waals surface area contributed by atoms with Gasteiger partial charge in [-0.3, -0.25) is 4.40 Å².